The molecule has 10 heteroatoms. The van der Waals surface area contributed by atoms with Gasteiger partial charge in [-0.05, 0) is 32.0 Å². The molecule has 1 amide bonds. The Morgan fingerprint density at radius 3 is 2.59 bits per heavy atom. The molecule has 1 aromatic carbocycles. The van der Waals surface area contributed by atoms with Gasteiger partial charge in [0.2, 0.25) is 11.9 Å². The van der Waals surface area contributed by atoms with E-state index >= 15 is 0 Å². The summed E-state index contributed by atoms with van der Waals surface area (Å²) in [5.74, 6) is 0.887. The van der Waals surface area contributed by atoms with Crippen LogP contribution >= 0.6 is 0 Å². The van der Waals surface area contributed by atoms with Crippen LogP contribution < -0.4 is 20.9 Å². The highest BCUT2D eigenvalue weighted by Gasteiger charge is 2.30. The van der Waals surface area contributed by atoms with Gasteiger partial charge in [0.05, 0.1) is 17.6 Å². The molecule has 27 heavy (non-hydrogen) atoms. The zero-order valence-electron chi connectivity index (χ0n) is 15.6. The van der Waals surface area contributed by atoms with Crippen molar-refractivity contribution in [3.05, 3.63) is 24.4 Å². The Morgan fingerprint density at radius 1 is 1.26 bits per heavy atom. The van der Waals surface area contributed by atoms with E-state index < -0.39 is 9.84 Å². The largest absolute Gasteiger partial charge is 0.399 e. The number of benzene rings is 1. The number of nitrogens with one attached hydrogen (secondary N) is 1. The van der Waals surface area contributed by atoms with Crippen LogP contribution in [-0.2, 0) is 14.6 Å². The van der Waals surface area contributed by atoms with Gasteiger partial charge in [0, 0.05) is 30.7 Å². The molecule has 0 spiro atoms. The van der Waals surface area contributed by atoms with Crippen molar-refractivity contribution in [3.8, 4) is 0 Å². The maximum atomic E-state index is 12.2. The topological polar surface area (TPSA) is 122 Å². The van der Waals surface area contributed by atoms with Crippen molar-refractivity contribution in [1.82, 2.24) is 9.97 Å². The van der Waals surface area contributed by atoms with Crippen molar-refractivity contribution in [3.63, 3.8) is 0 Å². The van der Waals surface area contributed by atoms with Crippen LogP contribution in [-0.4, -0.2) is 50.2 Å². The molecule has 0 aliphatic carbocycles. The van der Waals surface area contributed by atoms with Gasteiger partial charge >= 0.3 is 0 Å². The number of hydrogen-bond donors (Lipinski definition) is 2. The first-order chi connectivity index (χ1) is 12.6. The van der Waals surface area contributed by atoms with Crippen LogP contribution in [0.1, 0.15) is 13.8 Å². The van der Waals surface area contributed by atoms with E-state index in [0.717, 1.165) is 6.26 Å². The van der Waals surface area contributed by atoms with Gasteiger partial charge in [-0.1, -0.05) is 0 Å². The first-order valence-electron chi connectivity index (χ1n) is 8.34. The van der Waals surface area contributed by atoms with Crippen LogP contribution in [0.3, 0.4) is 0 Å². The zero-order valence-corrected chi connectivity index (χ0v) is 16.4. The number of rotatable bonds is 4. The fraction of sp³-hybridized carbons (Fsp3) is 0.353. The van der Waals surface area contributed by atoms with E-state index in [9.17, 15) is 13.2 Å². The number of hydrogen-bond acceptors (Lipinski definition) is 8. The first-order valence-corrected chi connectivity index (χ1v) is 10.2. The number of aromatic nitrogens is 2. The van der Waals surface area contributed by atoms with Gasteiger partial charge in [-0.25, -0.2) is 13.4 Å². The molecular weight excluding hydrogens is 368 g/mol. The molecular formula is C17H22N6O3S. The minimum Gasteiger partial charge on any atom is -0.399 e. The van der Waals surface area contributed by atoms with Gasteiger partial charge in [-0.2, -0.15) is 4.98 Å². The number of anilines is 5. The average Bonchev–Trinajstić information content (AvgIpc) is 2.56. The highest BCUT2D eigenvalue weighted by molar-refractivity contribution is 7.90. The van der Waals surface area contributed by atoms with Crippen LogP contribution in [0.4, 0.5) is 28.8 Å². The lowest BCUT2D eigenvalue weighted by atomic mass is 10.2. The Hall–Kier alpha value is -2.88. The lowest BCUT2D eigenvalue weighted by molar-refractivity contribution is -0.117. The van der Waals surface area contributed by atoms with Crippen LogP contribution in [0.2, 0.25) is 0 Å². The van der Waals surface area contributed by atoms with Crippen LogP contribution in [0.15, 0.2) is 29.3 Å². The fourth-order valence-corrected chi connectivity index (χ4v) is 3.49. The van der Waals surface area contributed by atoms with Gasteiger partial charge in [0.15, 0.2) is 15.7 Å². The standard InChI is InChI=1S/C17H22N6O3S/c1-10(2)23-9-15(24)22(3)14-8-19-17(21-16(14)23)20-12-5-11(18)6-13(7-12)27(4,25)26/h5-8,10H,9,18H2,1-4H3,(H,19,20,21). The van der Waals surface area contributed by atoms with Crippen LogP contribution in [0, 0.1) is 0 Å². The van der Waals surface area contributed by atoms with Crippen molar-refractivity contribution >= 4 is 44.6 Å². The molecule has 0 fully saturated rings. The third-order valence-electron chi connectivity index (χ3n) is 4.30. The summed E-state index contributed by atoms with van der Waals surface area (Å²) in [6.45, 7) is 4.19. The minimum atomic E-state index is -3.40. The molecule has 0 saturated heterocycles. The Kier molecular flexibility index (Phi) is 4.68. The van der Waals surface area contributed by atoms with Gasteiger partial charge in [-0.15, -0.1) is 0 Å². The molecule has 1 aromatic heterocycles. The van der Waals surface area contributed by atoms with E-state index in [1.807, 2.05) is 18.7 Å². The fourth-order valence-electron chi connectivity index (χ4n) is 2.80. The molecule has 9 nitrogen and oxygen atoms in total. The van der Waals surface area contributed by atoms with Crippen molar-refractivity contribution in [2.45, 2.75) is 24.8 Å². The van der Waals surface area contributed by atoms with Gasteiger partial charge < -0.3 is 20.9 Å². The molecule has 0 bridgehead atoms. The highest BCUT2D eigenvalue weighted by Crippen LogP contribution is 2.33. The quantitative estimate of drug-likeness (QED) is 0.751. The number of nitrogens with two attached hydrogens (primary N) is 1. The minimum absolute atomic E-state index is 0.0332. The lowest BCUT2D eigenvalue weighted by Crippen LogP contribution is -2.47. The number of likely N-dealkylation sites (N-methyl/N-ethyl adjacent to an activating group) is 1. The molecule has 2 aromatic rings. The van der Waals surface area contributed by atoms with E-state index in [0.29, 0.717) is 22.9 Å². The van der Waals surface area contributed by atoms with Crippen molar-refractivity contribution in [1.29, 1.82) is 0 Å². The van der Waals surface area contributed by atoms with Gasteiger partial charge in [-0.3, -0.25) is 4.79 Å². The van der Waals surface area contributed by atoms with Crippen molar-refractivity contribution in [2.24, 2.45) is 0 Å². The Bertz CT molecular complexity index is 1010. The van der Waals surface area contributed by atoms with Gasteiger partial charge in [0.1, 0.15) is 5.69 Å². The van der Waals surface area contributed by atoms with Crippen molar-refractivity contribution < 1.29 is 13.2 Å². The van der Waals surface area contributed by atoms with E-state index in [4.69, 9.17) is 5.73 Å². The Labute approximate surface area is 158 Å². The second-order valence-corrected chi connectivity index (χ2v) is 8.78. The number of fused-ring (bicyclic) bond motifs is 1. The maximum absolute atomic E-state index is 12.2. The summed E-state index contributed by atoms with van der Waals surface area (Å²) in [4.78, 5) is 24.5. The summed E-state index contributed by atoms with van der Waals surface area (Å²) in [5.41, 5.74) is 7.22. The molecule has 1 aliphatic rings. The molecule has 0 radical (unpaired) electrons. The lowest BCUT2D eigenvalue weighted by Gasteiger charge is -2.36. The summed E-state index contributed by atoms with van der Waals surface area (Å²) in [5, 5.41) is 3.00. The summed E-state index contributed by atoms with van der Waals surface area (Å²) < 4.78 is 23.6. The molecule has 0 unspecified atom stereocenters. The number of amides is 1. The third kappa shape index (κ3) is 3.80. The molecule has 2 heterocycles. The number of sulfone groups is 1. The highest BCUT2D eigenvalue weighted by atomic mass is 32.2. The molecule has 144 valence electrons. The third-order valence-corrected chi connectivity index (χ3v) is 5.39. The first kappa shape index (κ1) is 18.9. The summed E-state index contributed by atoms with van der Waals surface area (Å²) >= 11 is 0. The maximum Gasteiger partial charge on any atom is 0.246 e. The number of carbonyl (C=O) groups is 1. The van der Waals surface area contributed by atoms with Crippen LogP contribution in [0.25, 0.3) is 0 Å². The molecule has 0 saturated carbocycles. The monoisotopic (exact) mass is 390 g/mol. The Balaban J connectivity index is 2.00. The molecule has 3 N–H and O–H groups in total. The number of carbonyl (C=O) groups excluding carboxylic acids is 1. The molecule has 3 rings (SSSR count). The van der Waals surface area contributed by atoms with Crippen molar-refractivity contribution in [2.75, 3.05) is 40.7 Å². The smallest absolute Gasteiger partial charge is 0.246 e. The Morgan fingerprint density at radius 2 is 1.96 bits per heavy atom. The average molecular weight is 390 g/mol. The van der Waals surface area contributed by atoms with Crippen LogP contribution in [0.5, 0.6) is 0 Å². The number of nitrogen functional groups attached to an aromatic ring is 1. The summed E-state index contributed by atoms with van der Waals surface area (Å²) in [6.07, 6.45) is 2.69. The van der Waals surface area contributed by atoms with E-state index in [2.05, 4.69) is 15.3 Å². The van der Waals surface area contributed by atoms with E-state index in [1.165, 1.54) is 17.0 Å². The number of nitrogens with zero attached hydrogens (tertiary/aromatic N) is 4. The summed E-state index contributed by atoms with van der Waals surface area (Å²) in [7, 11) is -1.72. The predicted octanol–water partition coefficient (Wildman–Crippen LogP) is 1.40. The van der Waals surface area contributed by atoms with E-state index in [1.54, 1.807) is 19.3 Å². The SMILES string of the molecule is CC(C)N1CC(=O)N(C)c2cnc(Nc3cc(N)cc(S(C)(=O)=O)c3)nc21. The normalized spacial score (nSPS) is 14.5. The second-order valence-electron chi connectivity index (χ2n) is 6.76. The zero-order chi connectivity index (χ0) is 19.9. The second kappa shape index (κ2) is 6.69. The molecule has 1 aliphatic heterocycles. The van der Waals surface area contributed by atoms with E-state index in [-0.39, 0.29) is 29.3 Å². The van der Waals surface area contributed by atoms with Gasteiger partial charge in [0.25, 0.3) is 0 Å². The summed E-state index contributed by atoms with van der Waals surface area (Å²) in [6, 6.07) is 4.56. The predicted molar refractivity (Wildman–Crippen MR) is 105 cm³/mol. The molecule has 0 atom stereocenters.